The summed E-state index contributed by atoms with van der Waals surface area (Å²) in [5, 5.41) is 6.66. The molecule has 21 heavy (non-hydrogen) atoms. The second kappa shape index (κ2) is 10.7. The number of nitrogens with one attached hydrogen (secondary N) is 2. The Kier molecular flexibility index (Phi) is 10.2. The highest BCUT2D eigenvalue weighted by atomic mass is 127. The first-order chi connectivity index (χ1) is 9.58. The maximum absolute atomic E-state index is 5.29. The number of hydrogen-bond acceptors (Lipinski definition) is 2. The van der Waals surface area contributed by atoms with Gasteiger partial charge in [0.25, 0.3) is 0 Å². The zero-order valence-electron chi connectivity index (χ0n) is 13.7. The number of methoxy groups -OCH3 is 1. The maximum atomic E-state index is 5.29. The Morgan fingerprint density at radius 2 is 2.00 bits per heavy atom. The van der Waals surface area contributed by atoms with E-state index in [0.717, 1.165) is 30.2 Å². The molecule has 0 saturated heterocycles. The van der Waals surface area contributed by atoms with E-state index in [0.29, 0.717) is 12.6 Å². The fraction of sp³-hybridized carbons (Fsp3) is 0.562. The lowest BCUT2D eigenvalue weighted by atomic mass is 10.1. The highest BCUT2D eigenvalue weighted by Crippen LogP contribution is 2.16. The van der Waals surface area contributed by atoms with Crippen LogP contribution in [0.5, 0.6) is 5.75 Å². The summed E-state index contributed by atoms with van der Waals surface area (Å²) in [5.41, 5.74) is 2.35. The number of hydrogen-bond donors (Lipinski definition) is 2. The number of ether oxygens (including phenoxy) is 1. The summed E-state index contributed by atoms with van der Waals surface area (Å²) in [7, 11) is 1.69. The van der Waals surface area contributed by atoms with E-state index >= 15 is 0 Å². The monoisotopic (exact) mass is 405 g/mol. The van der Waals surface area contributed by atoms with Gasteiger partial charge in [0.2, 0.25) is 0 Å². The summed E-state index contributed by atoms with van der Waals surface area (Å²) >= 11 is 0. The van der Waals surface area contributed by atoms with Crippen molar-refractivity contribution in [1.82, 2.24) is 10.6 Å². The second-order valence-corrected chi connectivity index (χ2v) is 5.01. The van der Waals surface area contributed by atoms with Gasteiger partial charge in [0.15, 0.2) is 5.96 Å². The largest absolute Gasteiger partial charge is 0.497 e. The highest BCUT2D eigenvalue weighted by Gasteiger charge is 2.03. The maximum Gasteiger partial charge on any atom is 0.191 e. The Morgan fingerprint density at radius 1 is 1.29 bits per heavy atom. The average molecular weight is 405 g/mol. The summed E-state index contributed by atoms with van der Waals surface area (Å²) < 4.78 is 5.29. The molecule has 120 valence electrons. The van der Waals surface area contributed by atoms with Crippen molar-refractivity contribution < 1.29 is 4.74 Å². The first-order valence-electron chi connectivity index (χ1n) is 7.28. The molecular formula is C16H28IN3O. The van der Waals surface area contributed by atoms with Crippen LogP contribution in [0.15, 0.2) is 23.2 Å². The molecule has 5 heteroatoms. The SMILES string of the molecule is CCNC(=NCc1cc(C)cc(OC)c1)NC(C)CC.I. The van der Waals surface area contributed by atoms with Crippen LogP contribution in [0, 0.1) is 6.92 Å². The number of guanidine groups is 1. The van der Waals surface area contributed by atoms with Gasteiger partial charge in [-0.2, -0.15) is 0 Å². The Labute approximate surface area is 145 Å². The molecule has 0 aliphatic rings. The van der Waals surface area contributed by atoms with Crippen molar-refractivity contribution in [2.75, 3.05) is 13.7 Å². The third-order valence-electron chi connectivity index (χ3n) is 3.11. The topological polar surface area (TPSA) is 45.7 Å². The van der Waals surface area contributed by atoms with E-state index < -0.39 is 0 Å². The molecule has 0 fully saturated rings. The van der Waals surface area contributed by atoms with Gasteiger partial charge in [0.05, 0.1) is 13.7 Å². The van der Waals surface area contributed by atoms with Crippen LogP contribution in [0.4, 0.5) is 0 Å². The van der Waals surface area contributed by atoms with Gasteiger partial charge in [-0.1, -0.05) is 13.0 Å². The average Bonchev–Trinajstić information content (AvgIpc) is 2.44. The van der Waals surface area contributed by atoms with E-state index in [9.17, 15) is 0 Å². The van der Waals surface area contributed by atoms with E-state index in [2.05, 4.69) is 49.4 Å². The minimum absolute atomic E-state index is 0. The number of aliphatic imine (C=N–C) groups is 1. The van der Waals surface area contributed by atoms with Crippen LogP contribution in [0.1, 0.15) is 38.3 Å². The molecule has 2 N–H and O–H groups in total. The van der Waals surface area contributed by atoms with Crippen molar-refractivity contribution in [3.8, 4) is 5.75 Å². The summed E-state index contributed by atoms with van der Waals surface area (Å²) in [6, 6.07) is 6.61. The molecule has 1 atom stereocenters. The quantitative estimate of drug-likeness (QED) is 0.433. The zero-order valence-corrected chi connectivity index (χ0v) is 16.0. The Bertz CT molecular complexity index is 449. The lowest BCUT2D eigenvalue weighted by Gasteiger charge is -2.16. The van der Waals surface area contributed by atoms with Gasteiger partial charge in [-0.25, -0.2) is 4.99 Å². The smallest absolute Gasteiger partial charge is 0.191 e. The van der Waals surface area contributed by atoms with Crippen molar-refractivity contribution in [2.24, 2.45) is 4.99 Å². The standard InChI is InChI=1S/C16H27N3O.HI/c1-6-13(4)19-16(17-7-2)18-11-14-8-12(3)9-15(10-14)20-5;/h8-10,13H,6-7,11H2,1-5H3,(H2,17,18,19);1H. The molecule has 0 saturated carbocycles. The lowest BCUT2D eigenvalue weighted by molar-refractivity contribution is 0.414. The second-order valence-electron chi connectivity index (χ2n) is 5.01. The van der Waals surface area contributed by atoms with Gasteiger partial charge in [0, 0.05) is 12.6 Å². The number of rotatable bonds is 6. The number of benzene rings is 1. The first kappa shape index (κ1) is 20.0. The predicted octanol–water partition coefficient (Wildman–Crippen LogP) is 3.48. The molecule has 1 aromatic rings. The summed E-state index contributed by atoms with van der Waals surface area (Å²) in [6.45, 7) is 9.96. The van der Waals surface area contributed by atoms with Crippen molar-refractivity contribution in [3.05, 3.63) is 29.3 Å². The number of aryl methyl sites for hydroxylation is 1. The lowest BCUT2D eigenvalue weighted by Crippen LogP contribution is -2.41. The summed E-state index contributed by atoms with van der Waals surface area (Å²) in [5.74, 6) is 1.75. The molecule has 0 amide bonds. The van der Waals surface area contributed by atoms with E-state index in [1.54, 1.807) is 7.11 Å². The number of halogens is 1. The first-order valence-corrected chi connectivity index (χ1v) is 7.28. The normalized spacial score (nSPS) is 12.3. The molecule has 0 heterocycles. The van der Waals surface area contributed by atoms with Gasteiger partial charge in [-0.3, -0.25) is 0 Å². The van der Waals surface area contributed by atoms with Crippen LogP contribution in [-0.4, -0.2) is 25.7 Å². The zero-order chi connectivity index (χ0) is 15.0. The molecule has 4 nitrogen and oxygen atoms in total. The van der Waals surface area contributed by atoms with Crippen LogP contribution in [0.25, 0.3) is 0 Å². The van der Waals surface area contributed by atoms with Crippen LogP contribution < -0.4 is 15.4 Å². The molecule has 1 rings (SSSR count). The molecule has 1 aromatic carbocycles. The van der Waals surface area contributed by atoms with Gasteiger partial charge in [-0.05, 0) is 50.5 Å². The molecule has 0 radical (unpaired) electrons. The molecule has 0 spiro atoms. The van der Waals surface area contributed by atoms with E-state index in [-0.39, 0.29) is 24.0 Å². The predicted molar refractivity (Wildman–Crippen MR) is 101 cm³/mol. The van der Waals surface area contributed by atoms with Crippen LogP contribution >= 0.6 is 24.0 Å². The van der Waals surface area contributed by atoms with Gasteiger partial charge in [-0.15, -0.1) is 24.0 Å². The Hall–Kier alpha value is -0.980. The van der Waals surface area contributed by atoms with Crippen molar-refractivity contribution in [2.45, 2.75) is 46.7 Å². The van der Waals surface area contributed by atoms with Gasteiger partial charge >= 0.3 is 0 Å². The molecule has 1 unspecified atom stereocenters. The third kappa shape index (κ3) is 7.55. The third-order valence-corrected chi connectivity index (χ3v) is 3.11. The molecule has 0 bridgehead atoms. The van der Waals surface area contributed by atoms with Crippen molar-refractivity contribution >= 4 is 29.9 Å². The molecular weight excluding hydrogens is 377 g/mol. The minimum Gasteiger partial charge on any atom is -0.497 e. The van der Waals surface area contributed by atoms with E-state index in [4.69, 9.17) is 4.74 Å². The Morgan fingerprint density at radius 3 is 2.57 bits per heavy atom. The summed E-state index contributed by atoms with van der Waals surface area (Å²) in [4.78, 5) is 4.63. The van der Waals surface area contributed by atoms with Crippen molar-refractivity contribution in [1.29, 1.82) is 0 Å². The van der Waals surface area contributed by atoms with E-state index in [1.807, 2.05) is 12.1 Å². The Balaban J connectivity index is 0.00000400. The summed E-state index contributed by atoms with van der Waals surface area (Å²) in [6.07, 6.45) is 1.07. The van der Waals surface area contributed by atoms with Crippen LogP contribution in [-0.2, 0) is 6.54 Å². The molecule has 0 aliphatic heterocycles. The van der Waals surface area contributed by atoms with Crippen LogP contribution in [0.3, 0.4) is 0 Å². The van der Waals surface area contributed by atoms with Gasteiger partial charge < -0.3 is 15.4 Å². The minimum atomic E-state index is 0. The highest BCUT2D eigenvalue weighted by molar-refractivity contribution is 14.0. The van der Waals surface area contributed by atoms with Crippen molar-refractivity contribution in [3.63, 3.8) is 0 Å². The fourth-order valence-electron chi connectivity index (χ4n) is 1.86. The molecule has 0 aliphatic carbocycles. The number of nitrogens with zero attached hydrogens (tertiary/aromatic N) is 1. The van der Waals surface area contributed by atoms with Gasteiger partial charge in [0.1, 0.15) is 5.75 Å². The fourth-order valence-corrected chi connectivity index (χ4v) is 1.86. The molecule has 0 aromatic heterocycles. The van der Waals surface area contributed by atoms with E-state index in [1.165, 1.54) is 5.56 Å². The van der Waals surface area contributed by atoms with Crippen LogP contribution in [0.2, 0.25) is 0 Å².